The van der Waals surface area contributed by atoms with Crippen molar-refractivity contribution in [3.8, 4) is 0 Å². The monoisotopic (exact) mass is 296 g/mol. The molecule has 0 saturated heterocycles. The number of nitrogens with zero attached hydrogens (tertiary/aromatic N) is 1. The average Bonchev–Trinajstić information content (AvgIpc) is 2.75. The fraction of sp³-hybridized carbons (Fsp3) is 0.167. The zero-order chi connectivity index (χ0) is 14.9. The molecule has 0 aliphatic rings. The second kappa shape index (κ2) is 4.97. The topological polar surface area (TPSA) is 110 Å². The average molecular weight is 296 g/mol. The van der Waals surface area contributed by atoms with Gasteiger partial charge in [-0.05, 0) is 26.0 Å². The number of sulfonamides is 1. The molecular weight excluding hydrogens is 284 g/mol. The molecule has 0 fully saturated rings. The Morgan fingerprint density at radius 2 is 2.10 bits per heavy atom. The summed E-state index contributed by atoms with van der Waals surface area (Å²) in [4.78, 5) is 14.5. The number of hydrogen-bond donors (Lipinski definition) is 2. The summed E-state index contributed by atoms with van der Waals surface area (Å²) in [5.74, 6) is -1.74. The maximum atomic E-state index is 12.2. The molecule has 2 aromatic rings. The molecule has 20 heavy (non-hydrogen) atoms. The number of furan rings is 1. The van der Waals surface area contributed by atoms with Gasteiger partial charge in [0.05, 0.1) is 11.4 Å². The summed E-state index contributed by atoms with van der Waals surface area (Å²) < 4.78 is 31.7. The fourth-order valence-electron chi connectivity index (χ4n) is 1.63. The lowest BCUT2D eigenvalue weighted by atomic mass is 10.3. The van der Waals surface area contributed by atoms with Crippen molar-refractivity contribution >= 4 is 21.7 Å². The maximum absolute atomic E-state index is 12.2. The number of aromatic nitrogens is 1. The Hall–Kier alpha value is -2.35. The third-order valence-corrected chi connectivity index (χ3v) is 4.10. The summed E-state index contributed by atoms with van der Waals surface area (Å²) in [5.41, 5.74) is 0.834. The molecule has 0 aliphatic carbocycles. The van der Waals surface area contributed by atoms with E-state index in [9.17, 15) is 13.2 Å². The van der Waals surface area contributed by atoms with E-state index in [1.807, 2.05) is 0 Å². The summed E-state index contributed by atoms with van der Waals surface area (Å²) in [6.07, 6.45) is 1.54. The standard InChI is InChI=1S/C12H12N2O5S/c1-7-9(4-3-5-13-7)14-20(17,18)11-6-10(12(15)16)19-8(11)2/h3-6,14H,1-2H3,(H,15,16). The molecule has 106 valence electrons. The van der Waals surface area contributed by atoms with Crippen LogP contribution in [-0.4, -0.2) is 24.5 Å². The fourth-order valence-corrected chi connectivity index (χ4v) is 2.93. The van der Waals surface area contributed by atoms with Crippen LogP contribution in [0.2, 0.25) is 0 Å². The Morgan fingerprint density at radius 1 is 1.40 bits per heavy atom. The first-order valence-electron chi connectivity index (χ1n) is 5.59. The molecule has 0 radical (unpaired) electrons. The number of carbonyl (C=O) groups is 1. The van der Waals surface area contributed by atoms with Gasteiger partial charge >= 0.3 is 5.97 Å². The van der Waals surface area contributed by atoms with Crippen LogP contribution in [0.5, 0.6) is 0 Å². The van der Waals surface area contributed by atoms with E-state index in [4.69, 9.17) is 9.52 Å². The minimum absolute atomic E-state index is 0.0106. The molecule has 2 heterocycles. The number of pyridine rings is 1. The minimum Gasteiger partial charge on any atom is -0.475 e. The van der Waals surface area contributed by atoms with Gasteiger partial charge in [-0.2, -0.15) is 0 Å². The van der Waals surface area contributed by atoms with Gasteiger partial charge < -0.3 is 9.52 Å². The number of hydrogen-bond acceptors (Lipinski definition) is 5. The molecule has 0 unspecified atom stereocenters. The SMILES string of the molecule is Cc1ncccc1NS(=O)(=O)c1cc(C(=O)O)oc1C. The summed E-state index contributed by atoms with van der Waals surface area (Å²) >= 11 is 0. The zero-order valence-corrected chi connectivity index (χ0v) is 11.6. The van der Waals surface area contributed by atoms with E-state index in [1.165, 1.54) is 6.92 Å². The number of aryl methyl sites for hydroxylation is 2. The van der Waals surface area contributed by atoms with E-state index in [0.717, 1.165) is 6.07 Å². The Morgan fingerprint density at radius 3 is 2.65 bits per heavy atom. The van der Waals surface area contributed by atoms with Crippen LogP contribution in [0, 0.1) is 13.8 Å². The Kier molecular flexibility index (Phi) is 3.49. The van der Waals surface area contributed by atoms with Crippen LogP contribution in [0.3, 0.4) is 0 Å². The van der Waals surface area contributed by atoms with E-state index in [-0.39, 0.29) is 10.7 Å². The molecule has 8 heteroatoms. The van der Waals surface area contributed by atoms with Crippen molar-refractivity contribution in [3.63, 3.8) is 0 Å². The summed E-state index contributed by atoms with van der Waals surface area (Å²) in [5, 5.41) is 8.80. The first kappa shape index (κ1) is 14.1. The van der Waals surface area contributed by atoms with Crippen LogP contribution in [0.1, 0.15) is 22.0 Å². The Labute approximate surface area is 115 Å². The molecule has 2 aromatic heterocycles. The van der Waals surface area contributed by atoms with Gasteiger partial charge in [0.2, 0.25) is 5.76 Å². The second-order valence-corrected chi connectivity index (χ2v) is 5.73. The highest BCUT2D eigenvalue weighted by molar-refractivity contribution is 7.92. The highest BCUT2D eigenvalue weighted by atomic mass is 32.2. The molecule has 2 rings (SSSR count). The predicted molar refractivity (Wildman–Crippen MR) is 70.2 cm³/mol. The van der Waals surface area contributed by atoms with Crippen molar-refractivity contribution < 1.29 is 22.7 Å². The number of aromatic carboxylic acids is 1. The molecule has 0 aliphatic heterocycles. The van der Waals surface area contributed by atoms with Crippen molar-refractivity contribution in [2.24, 2.45) is 0 Å². The molecule has 0 amide bonds. The molecule has 7 nitrogen and oxygen atoms in total. The lowest BCUT2D eigenvalue weighted by Gasteiger charge is -2.08. The summed E-state index contributed by atoms with van der Waals surface area (Å²) in [7, 11) is -3.93. The molecule has 0 atom stereocenters. The lowest BCUT2D eigenvalue weighted by Crippen LogP contribution is -2.14. The number of nitrogens with one attached hydrogen (secondary N) is 1. The van der Waals surface area contributed by atoms with Gasteiger partial charge in [-0.3, -0.25) is 9.71 Å². The van der Waals surface area contributed by atoms with Crippen molar-refractivity contribution in [1.29, 1.82) is 0 Å². The smallest absolute Gasteiger partial charge is 0.371 e. The van der Waals surface area contributed by atoms with E-state index < -0.39 is 21.8 Å². The molecule has 0 bridgehead atoms. The second-order valence-electron chi connectivity index (χ2n) is 4.08. The molecular formula is C12H12N2O5S. The third kappa shape index (κ3) is 2.64. The number of anilines is 1. The molecule has 0 saturated carbocycles. The van der Waals surface area contributed by atoms with Crippen molar-refractivity contribution in [2.75, 3.05) is 4.72 Å². The van der Waals surface area contributed by atoms with E-state index in [2.05, 4.69) is 9.71 Å². The lowest BCUT2D eigenvalue weighted by molar-refractivity contribution is 0.0661. The van der Waals surface area contributed by atoms with Crippen LogP contribution in [0.15, 0.2) is 33.7 Å². The van der Waals surface area contributed by atoms with Gasteiger partial charge in [-0.15, -0.1) is 0 Å². The van der Waals surface area contributed by atoms with Crippen LogP contribution < -0.4 is 4.72 Å². The van der Waals surface area contributed by atoms with Crippen molar-refractivity contribution in [1.82, 2.24) is 4.98 Å². The molecule has 2 N–H and O–H groups in total. The van der Waals surface area contributed by atoms with Crippen LogP contribution in [-0.2, 0) is 10.0 Å². The van der Waals surface area contributed by atoms with Gasteiger partial charge in [0.15, 0.2) is 0 Å². The summed E-state index contributed by atoms with van der Waals surface area (Å²) in [6, 6.07) is 4.13. The van der Waals surface area contributed by atoms with E-state index in [1.54, 1.807) is 25.3 Å². The third-order valence-electron chi connectivity index (χ3n) is 2.62. The number of carboxylic acid groups (broad SMARTS) is 1. The van der Waals surface area contributed by atoms with Gasteiger partial charge in [-0.1, -0.05) is 0 Å². The minimum atomic E-state index is -3.93. The predicted octanol–water partition coefficient (Wildman–Crippen LogP) is 1.79. The summed E-state index contributed by atoms with van der Waals surface area (Å²) in [6.45, 7) is 3.04. The van der Waals surface area contributed by atoms with Gasteiger partial charge in [-0.25, -0.2) is 13.2 Å². The number of rotatable bonds is 4. The van der Waals surface area contributed by atoms with Crippen molar-refractivity contribution in [3.05, 3.63) is 41.6 Å². The largest absolute Gasteiger partial charge is 0.475 e. The number of carboxylic acids is 1. The highest BCUT2D eigenvalue weighted by Gasteiger charge is 2.24. The van der Waals surface area contributed by atoms with Crippen LogP contribution in [0.25, 0.3) is 0 Å². The first-order chi connectivity index (χ1) is 9.31. The molecule has 0 spiro atoms. The van der Waals surface area contributed by atoms with Crippen LogP contribution >= 0.6 is 0 Å². The maximum Gasteiger partial charge on any atom is 0.371 e. The Bertz CT molecular complexity index is 764. The van der Waals surface area contributed by atoms with Crippen LogP contribution in [0.4, 0.5) is 5.69 Å². The van der Waals surface area contributed by atoms with Gasteiger partial charge in [0.1, 0.15) is 10.7 Å². The Balaban J connectivity index is 2.41. The van der Waals surface area contributed by atoms with E-state index >= 15 is 0 Å². The van der Waals surface area contributed by atoms with Crippen molar-refractivity contribution in [2.45, 2.75) is 18.7 Å². The quantitative estimate of drug-likeness (QED) is 0.890. The molecule has 0 aromatic carbocycles. The highest BCUT2D eigenvalue weighted by Crippen LogP contribution is 2.23. The van der Waals surface area contributed by atoms with Gasteiger partial charge in [0.25, 0.3) is 10.0 Å². The van der Waals surface area contributed by atoms with E-state index in [0.29, 0.717) is 11.4 Å². The normalized spacial score (nSPS) is 11.3. The first-order valence-corrected chi connectivity index (χ1v) is 7.08. The zero-order valence-electron chi connectivity index (χ0n) is 10.7. The van der Waals surface area contributed by atoms with Gasteiger partial charge in [0, 0.05) is 12.3 Å².